The standard InChI is InChI=1S/C15H31N3/c1-3-18-12-11-17(13-14(18)2)10-4-5-15-6-8-16-9-7-15/h14-16H,3-13H2,1-2H3. The third kappa shape index (κ3) is 4.22. The topological polar surface area (TPSA) is 18.5 Å². The highest BCUT2D eigenvalue weighted by Gasteiger charge is 2.22. The highest BCUT2D eigenvalue weighted by Crippen LogP contribution is 2.18. The number of hydrogen-bond acceptors (Lipinski definition) is 3. The van der Waals surface area contributed by atoms with Crippen LogP contribution in [0.4, 0.5) is 0 Å². The first-order valence-corrected chi connectivity index (χ1v) is 7.96. The SMILES string of the molecule is CCN1CCN(CCCC2CCNCC2)CC1C. The van der Waals surface area contributed by atoms with Crippen LogP contribution in [-0.2, 0) is 0 Å². The third-order valence-electron chi connectivity index (χ3n) is 4.80. The third-order valence-corrected chi connectivity index (χ3v) is 4.80. The van der Waals surface area contributed by atoms with Gasteiger partial charge in [-0.25, -0.2) is 0 Å². The van der Waals surface area contributed by atoms with E-state index in [1.807, 2.05) is 0 Å². The van der Waals surface area contributed by atoms with Crippen molar-refractivity contribution in [1.29, 1.82) is 0 Å². The Bertz CT molecular complexity index is 226. The lowest BCUT2D eigenvalue weighted by atomic mass is 9.93. The zero-order chi connectivity index (χ0) is 12.8. The van der Waals surface area contributed by atoms with E-state index in [0.717, 1.165) is 12.0 Å². The molecule has 2 aliphatic heterocycles. The van der Waals surface area contributed by atoms with Gasteiger partial charge in [0.1, 0.15) is 0 Å². The Labute approximate surface area is 113 Å². The van der Waals surface area contributed by atoms with E-state index in [1.165, 1.54) is 71.5 Å². The molecule has 2 saturated heterocycles. The Kier molecular flexibility index (Phi) is 5.93. The second kappa shape index (κ2) is 7.46. The smallest absolute Gasteiger partial charge is 0.0195 e. The lowest BCUT2D eigenvalue weighted by Crippen LogP contribution is -2.51. The van der Waals surface area contributed by atoms with Crippen LogP contribution >= 0.6 is 0 Å². The van der Waals surface area contributed by atoms with Crippen LogP contribution in [0, 0.1) is 5.92 Å². The van der Waals surface area contributed by atoms with Crippen molar-refractivity contribution in [3.63, 3.8) is 0 Å². The van der Waals surface area contributed by atoms with Gasteiger partial charge in [0, 0.05) is 25.7 Å². The molecule has 2 rings (SSSR count). The maximum atomic E-state index is 3.46. The Morgan fingerprint density at radius 1 is 1.17 bits per heavy atom. The fourth-order valence-corrected chi connectivity index (χ4v) is 3.52. The second-order valence-corrected chi connectivity index (χ2v) is 6.11. The minimum Gasteiger partial charge on any atom is -0.317 e. The minimum atomic E-state index is 0.752. The number of rotatable bonds is 5. The predicted molar refractivity (Wildman–Crippen MR) is 78.0 cm³/mol. The first kappa shape index (κ1) is 14.3. The minimum absolute atomic E-state index is 0.752. The lowest BCUT2D eigenvalue weighted by Gasteiger charge is -2.39. The maximum Gasteiger partial charge on any atom is 0.0195 e. The summed E-state index contributed by atoms with van der Waals surface area (Å²) in [5, 5.41) is 3.46. The molecule has 1 N–H and O–H groups in total. The monoisotopic (exact) mass is 253 g/mol. The highest BCUT2D eigenvalue weighted by atomic mass is 15.3. The maximum absolute atomic E-state index is 3.46. The van der Waals surface area contributed by atoms with Gasteiger partial charge in [0.25, 0.3) is 0 Å². The molecule has 0 radical (unpaired) electrons. The normalized spacial score (nSPS) is 28.7. The van der Waals surface area contributed by atoms with Crippen molar-refractivity contribution in [1.82, 2.24) is 15.1 Å². The summed E-state index contributed by atoms with van der Waals surface area (Å²) in [7, 11) is 0. The summed E-state index contributed by atoms with van der Waals surface area (Å²) < 4.78 is 0. The average Bonchev–Trinajstić information content (AvgIpc) is 2.40. The molecule has 0 saturated carbocycles. The van der Waals surface area contributed by atoms with Gasteiger partial charge in [-0.3, -0.25) is 4.90 Å². The van der Waals surface area contributed by atoms with E-state index in [9.17, 15) is 0 Å². The number of piperazine rings is 1. The van der Waals surface area contributed by atoms with E-state index < -0.39 is 0 Å². The molecule has 0 bridgehead atoms. The summed E-state index contributed by atoms with van der Waals surface area (Å²) in [5.74, 6) is 1.00. The van der Waals surface area contributed by atoms with Crippen molar-refractivity contribution in [2.45, 2.75) is 45.6 Å². The molecule has 106 valence electrons. The van der Waals surface area contributed by atoms with Gasteiger partial charge in [-0.15, -0.1) is 0 Å². The van der Waals surface area contributed by atoms with E-state index >= 15 is 0 Å². The molecule has 3 heteroatoms. The number of hydrogen-bond donors (Lipinski definition) is 1. The molecule has 18 heavy (non-hydrogen) atoms. The Morgan fingerprint density at radius 2 is 1.94 bits per heavy atom. The van der Waals surface area contributed by atoms with Crippen LogP contribution in [0.1, 0.15) is 39.5 Å². The van der Waals surface area contributed by atoms with Gasteiger partial charge in [0.05, 0.1) is 0 Å². The zero-order valence-electron chi connectivity index (χ0n) is 12.3. The number of piperidine rings is 1. The summed E-state index contributed by atoms with van der Waals surface area (Å²) in [5.41, 5.74) is 0. The van der Waals surface area contributed by atoms with Crippen molar-refractivity contribution in [2.24, 2.45) is 5.92 Å². The predicted octanol–water partition coefficient (Wildman–Crippen LogP) is 1.79. The molecule has 0 aromatic heterocycles. The molecule has 0 aromatic carbocycles. The van der Waals surface area contributed by atoms with Crippen LogP contribution < -0.4 is 5.32 Å². The molecule has 1 unspecified atom stereocenters. The van der Waals surface area contributed by atoms with Gasteiger partial charge >= 0.3 is 0 Å². The largest absolute Gasteiger partial charge is 0.317 e. The quantitative estimate of drug-likeness (QED) is 0.806. The fraction of sp³-hybridized carbons (Fsp3) is 1.00. The van der Waals surface area contributed by atoms with Crippen molar-refractivity contribution >= 4 is 0 Å². The van der Waals surface area contributed by atoms with Crippen LogP contribution in [0.15, 0.2) is 0 Å². The van der Waals surface area contributed by atoms with Gasteiger partial charge in [-0.1, -0.05) is 6.92 Å². The molecular weight excluding hydrogens is 222 g/mol. The van der Waals surface area contributed by atoms with Crippen molar-refractivity contribution in [3.05, 3.63) is 0 Å². The van der Waals surface area contributed by atoms with Crippen LogP contribution in [0.5, 0.6) is 0 Å². The summed E-state index contributed by atoms with van der Waals surface area (Å²) in [6, 6.07) is 0.752. The van der Waals surface area contributed by atoms with E-state index in [1.54, 1.807) is 0 Å². The number of nitrogens with zero attached hydrogens (tertiary/aromatic N) is 2. The summed E-state index contributed by atoms with van der Waals surface area (Å²) in [6.07, 6.45) is 5.66. The molecule has 1 atom stereocenters. The van der Waals surface area contributed by atoms with Gasteiger partial charge in [-0.2, -0.15) is 0 Å². The molecule has 3 nitrogen and oxygen atoms in total. The molecule has 2 fully saturated rings. The highest BCUT2D eigenvalue weighted by molar-refractivity contribution is 4.78. The Hall–Kier alpha value is -0.120. The molecule has 0 spiro atoms. The fourth-order valence-electron chi connectivity index (χ4n) is 3.52. The summed E-state index contributed by atoms with van der Waals surface area (Å²) >= 11 is 0. The first-order chi connectivity index (χ1) is 8.79. The molecule has 0 aromatic rings. The summed E-state index contributed by atoms with van der Waals surface area (Å²) in [6.45, 7) is 13.5. The van der Waals surface area contributed by atoms with Crippen molar-refractivity contribution in [2.75, 3.05) is 45.8 Å². The van der Waals surface area contributed by atoms with Crippen molar-refractivity contribution in [3.8, 4) is 0 Å². The van der Waals surface area contributed by atoms with Gasteiger partial charge < -0.3 is 10.2 Å². The molecule has 2 aliphatic rings. The first-order valence-electron chi connectivity index (χ1n) is 7.96. The van der Waals surface area contributed by atoms with Crippen LogP contribution in [-0.4, -0.2) is 61.7 Å². The van der Waals surface area contributed by atoms with E-state index in [4.69, 9.17) is 0 Å². The van der Waals surface area contributed by atoms with Gasteiger partial charge in [-0.05, 0) is 64.7 Å². The van der Waals surface area contributed by atoms with Crippen LogP contribution in [0.25, 0.3) is 0 Å². The Morgan fingerprint density at radius 3 is 2.61 bits per heavy atom. The molecule has 0 amide bonds. The lowest BCUT2D eigenvalue weighted by molar-refractivity contribution is 0.0857. The Balaban J connectivity index is 1.59. The van der Waals surface area contributed by atoms with Crippen LogP contribution in [0.3, 0.4) is 0 Å². The molecule has 2 heterocycles. The van der Waals surface area contributed by atoms with E-state index in [-0.39, 0.29) is 0 Å². The average molecular weight is 253 g/mol. The van der Waals surface area contributed by atoms with Crippen molar-refractivity contribution < 1.29 is 0 Å². The van der Waals surface area contributed by atoms with Crippen LogP contribution in [0.2, 0.25) is 0 Å². The number of likely N-dealkylation sites (N-methyl/N-ethyl adjacent to an activating group) is 1. The second-order valence-electron chi connectivity index (χ2n) is 6.11. The van der Waals surface area contributed by atoms with Gasteiger partial charge in [0.15, 0.2) is 0 Å². The molecule has 0 aliphatic carbocycles. The number of nitrogens with one attached hydrogen (secondary N) is 1. The van der Waals surface area contributed by atoms with Gasteiger partial charge in [0.2, 0.25) is 0 Å². The van der Waals surface area contributed by atoms with E-state index in [0.29, 0.717) is 0 Å². The summed E-state index contributed by atoms with van der Waals surface area (Å²) in [4.78, 5) is 5.28. The molecular formula is C15H31N3. The zero-order valence-corrected chi connectivity index (χ0v) is 12.3. The van der Waals surface area contributed by atoms with E-state index in [2.05, 4.69) is 29.0 Å².